The molecule has 0 bridgehead atoms. The highest BCUT2D eigenvalue weighted by Crippen LogP contribution is 2.47. The van der Waals surface area contributed by atoms with Gasteiger partial charge in [-0.05, 0) is 69.4 Å². The van der Waals surface area contributed by atoms with E-state index in [2.05, 4.69) is 36.7 Å². The predicted molar refractivity (Wildman–Crippen MR) is 118 cm³/mol. The molecule has 1 aliphatic rings. The Labute approximate surface area is 176 Å². The molecule has 1 unspecified atom stereocenters. The molecule has 1 aromatic heterocycles. The fraction of sp³-hybridized carbons (Fsp3) is 0.478. The molecule has 0 spiro atoms. The molecule has 1 atom stereocenters. The summed E-state index contributed by atoms with van der Waals surface area (Å²) in [6.45, 7) is 12.4. The molecule has 0 N–H and O–H groups in total. The predicted octanol–water partition coefficient (Wildman–Crippen LogP) is 6.59. The summed E-state index contributed by atoms with van der Waals surface area (Å²) in [7, 11) is 0. The lowest BCUT2D eigenvalue weighted by Gasteiger charge is -2.27. The second kappa shape index (κ2) is 8.24. The quantitative estimate of drug-likeness (QED) is 0.504. The van der Waals surface area contributed by atoms with Crippen LogP contribution in [0.25, 0.3) is 0 Å². The standard InChI is InChI=1S/C23H29BrN2O2/c1-7-17(8-2)26-19-12-15(6)25-22(20(19)18(9-3)23(26)27)28-21-13(4)10-16(24)11-14(21)5/h10-12,17-18H,7-9H2,1-6H3. The Morgan fingerprint density at radius 3 is 2.25 bits per heavy atom. The van der Waals surface area contributed by atoms with Crippen LogP contribution >= 0.6 is 15.9 Å². The van der Waals surface area contributed by atoms with E-state index >= 15 is 0 Å². The fourth-order valence-electron chi connectivity index (χ4n) is 4.22. The van der Waals surface area contributed by atoms with E-state index in [0.717, 1.165) is 57.6 Å². The Morgan fingerprint density at radius 1 is 1.11 bits per heavy atom. The smallest absolute Gasteiger partial charge is 0.235 e. The van der Waals surface area contributed by atoms with Gasteiger partial charge in [0.05, 0.1) is 17.2 Å². The van der Waals surface area contributed by atoms with Crippen molar-refractivity contribution in [3.05, 3.63) is 45.1 Å². The minimum absolute atomic E-state index is 0.174. The monoisotopic (exact) mass is 444 g/mol. The molecule has 150 valence electrons. The zero-order valence-corrected chi connectivity index (χ0v) is 19.2. The summed E-state index contributed by atoms with van der Waals surface area (Å²) >= 11 is 3.54. The van der Waals surface area contributed by atoms with Crippen LogP contribution in [0.4, 0.5) is 5.69 Å². The van der Waals surface area contributed by atoms with Gasteiger partial charge in [-0.3, -0.25) is 4.79 Å². The van der Waals surface area contributed by atoms with E-state index in [0.29, 0.717) is 5.88 Å². The number of aryl methyl sites for hydroxylation is 3. The topological polar surface area (TPSA) is 42.4 Å². The lowest BCUT2D eigenvalue weighted by molar-refractivity contribution is -0.119. The van der Waals surface area contributed by atoms with Crippen molar-refractivity contribution in [2.24, 2.45) is 0 Å². The number of hydrogen-bond acceptors (Lipinski definition) is 3. The summed E-state index contributed by atoms with van der Waals surface area (Å²) < 4.78 is 7.41. The summed E-state index contributed by atoms with van der Waals surface area (Å²) in [4.78, 5) is 20.0. The van der Waals surface area contributed by atoms with Crippen LogP contribution in [0, 0.1) is 20.8 Å². The molecule has 0 saturated carbocycles. The Balaban J connectivity index is 2.16. The zero-order chi connectivity index (χ0) is 20.6. The Hall–Kier alpha value is -1.88. The maximum absolute atomic E-state index is 13.3. The maximum atomic E-state index is 13.3. The van der Waals surface area contributed by atoms with E-state index in [1.54, 1.807) is 0 Å². The Morgan fingerprint density at radius 2 is 1.71 bits per heavy atom. The van der Waals surface area contributed by atoms with Gasteiger partial charge in [-0.15, -0.1) is 0 Å². The SMILES string of the molecule is CCC1C(=O)N(C(CC)CC)c2cc(C)nc(Oc3c(C)cc(Br)cc3C)c21. The zero-order valence-electron chi connectivity index (χ0n) is 17.6. The average molecular weight is 445 g/mol. The summed E-state index contributed by atoms with van der Waals surface area (Å²) in [6, 6.07) is 6.32. The van der Waals surface area contributed by atoms with Gasteiger partial charge in [-0.25, -0.2) is 4.98 Å². The molecule has 3 rings (SSSR count). The molecular weight excluding hydrogens is 416 g/mol. The molecule has 4 nitrogen and oxygen atoms in total. The van der Waals surface area contributed by atoms with Crippen molar-refractivity contribution >= 4 is 27.5 Å². The van der Waals surface area contributed by atoms with Gasteiger partial charge >= 0.3 is 0 Å². The molecule has 1 aromatic carbocycles. The van der Waals surface area contributed by atoms with Crippen LogP contribution in [0.5, 0.6) is 11.6 Å². The lowest BCUT2D eigenvalue weighted by Crippen LogP contribution is -2.38. The summed E-state index contributed by atoms with van der Waals surface area (Å²) in [5, 5.41) is 0. The van der Waals surface area contributed by atoms with E-state index < -0.39 is 0 Å². The van der Waals surface area contributed by atoms with Gasteiger partial charge in [0.25, 0.3) is 0 Å². The molecule has 5 heteroatoms. The van der Waals surface area contributed by atoms with Crippen LogP contribution < -0.4 is 9.64 Å². The molecule has 2 aromatic rings. The van der Waals surface area contributed by atoms with E-state index in [1.165, 1.54) is 0 Å². The van der Waals surface area contributed by atoms with Crippen molar-refractivity contribution in [3.63, 3.8) is 0 Å². The first-order chi connectivity index (χ1) is 13.3. The van der Waals surface area contributed by atoms with Crippen LogP contribution in [-0.4, -0.2) is 16.9 Å². The average Bonchev–Trinajstić information content (AvgIpc) is 2.91. The third kappa shape index (κ3) is 3.57. The highest BCUT2D eigenvalue weighted by molar-refractivity contribution is 9.10. The first-order valence-electron chi connectivity index (χ1n) is 10.1. The van der Waals surface area contributed by atoms with Gasteiger partial charge in [0.2, 0.25) is 11.8 Å². The van der Waals surface area contributed by atoms with Crippen molar-refractivity contribution in [3.8, 4) is 11.6 Å². The highest BCUT2D eigenvalue weighted by atomic mass is 79.9. The summed E-state index contributed by atoms with van der Waals surface area (Å²) in [5.74, 6) is 1.35. The molecule has 0 saturated heterocycles. The molecule has 1 amide bonds. The number of amides is 1. The number of fused-ring (bicyclic) bond motifs is 1. The molecule has 28 heavy (non-hydrogen) atoms. The van der Waals surface area contributed by atoms with Crippen LogP contribution in [0.3, 0.4) is 0 Å². The number of rotatable bonds is 6. The van der Waals surface area contributed by atoms with Crippen LogP contribution in [0.1, 0.15) is 68.3 Å². The first kappa shape index (κ1) is 20.8. The molecule has 1 aliphatic heterocycles. The summed E-state index contributed by atoms with van der Waals surface area (Å²) in [5.41, 5.74) is 4.85. The van der Waals surface area contributed by atoms with Crippen LogP contribution in [-0.2, 0) is 4.79 Å². The molecular formula is C23H29BrN2O2. The lowest BCUT2D eigenvalue weighted by atomic mass is 9.99. The van der Waals surface area contributed by atoms with Crippen LogP contribution in [0.15, 0.2) is 22.7 Å². The van der Waals surface area contributed by atoms with Crippen molar-refractivity contribution < 1.29 is 9.53 Å². The minimum Gasteiger partial charge on any atom is -0.438 e. The number of halogens is 1. The van der Waals surface area contributed by atoms with Gasteiger partial charge in [0, 0.05) is 16.2 Å². The number of carbonyl (C=O) groups is 1. The minimum atomic E-state index is -0.199. The molecule has 2 heterocycles. The van der Waals surface area contributed by atoms with Gasteiger partial charge < -0.3 is 9.64 Å². The third-order valence-electron chi connectivity index (χ3n) is 5.61. The normalized spacial score (nSPS) is 16.1. The third-order valence-corrected chi connectivity index (χ3v) is 6.07. The number of aromatic nitrogens is 1. The van der Waals surface area contributed by atoms with Crippen molar-refractivity contribution in [1.29, 1.82) is 0 Å². The number of nitrogens with zero attached hydrogens (tertiary/aromatic N) is 2. The number of ether oxygens (including phenoxy) is 1. The van der Waals surface area contributed by atoms with Crippen molar-refractivity contribution in [2.75, 3.05) is 4.90 Å². The van der Waals surface area contributed by atoms with Gasteiger partial charge in [-0.1, -0.05) is 36.7 Å². The Kier molecular flexibility index (Phi) is 6.13. The maximum Gasteiger partial charge on any atom is 0.235 e. The second-order valence-corrected chi connectivity index (χ2v) is 8.53. The fourth-order valence-corrected chi connectivity index (χ4v) is 4.90. The number of pyridine rings is 1. The number of carbonyl (C=O) groups excluding carboxylic acids is 1. The largest absolute Gasteiger partial charge is 0.438 e. The van der Waals surface area contributed by atoms with E-state index in [4.69, 9.17) is 9.72 Å². The van der Waals surface area contributed by atoms with E-state index in [9.17, 15) is 4.79 Å². The molecule has 0 aliphatic carbocycles. The second-order valence-electron chi connectivity index (χ2n) is 7.61. The number of hydrogen-bond donors (Lipinski definition) is 0. The molecule has 0 fully saturated rings. The molecule has 0 radical (unpaired) electrons. The highest BCUT2D eigenvalue weighted by Gasteiger charge is 2.42. The number of benzene rings is 1. The van der Waals surface area contributed by atoms with Crippen molar-refractivity contribution in [2.45, 2.75) is 72.8 Å². The van der Waals surface area contributed by atoms with Gasteiger partial charge in [-0.2, -0.15) is 0 Å². The van der Waals surface area contributed by atoms with Gasteiger partial charge in [0.1, 0.15) is 5.75 Å². The first-order valence-corrected chi connectivity index (χ1v) is 10.9. The number of anilines is 1. The van der Waals surface area contributed by atoms with Gasteiger partial charge in [0.15, 0.2) is 0 Å². The summed E-state index contributed by atoms with van der Waals surface area (Å²) in [6.07, 6.45) is 2.60. The van der Waals surface area contributed by atoms with Crippen LogP contribution in [0.2, 0.25) is 0 Å². The Bertz CT molecular complexity index is 883. The van der Waals surface area contributed by atoms with E-state index in [1.807, 2.05) is 43.9 Å². The van der Waals surface area contributed by atoms with Crippen molar-refractivity contribution in [1.82, 2.24) is 4.98 Å². The van der Waals surface area contributed by atoms with E-state index in [-0.39, 0.29) is 17.9 Å².